The van der Waals surface area contributed by atoms with Gasteiger partial charge in [-0.05, 0) is 48.2 Å². The monoisotopic (exact) mass is 388 g/mol. The van der Waals surface area contributed by atoms with Crippen LogP contribution in [0.15, 0.2) is 54.6 Å². The van der Waals surface area contributed by atoms with Crippen molar-refractivity contribution < 1.29 is 23.9 Å². The largest absolute Gasteiger partial charge is 0.395 e. The third-order valence-electron chi connectivity index (χ3n) is 4.06. The number of anilines is 2. The van der Waals surface area contributed by atoms with Crippen molar-refractivity contribution in [1.29, 1.82) is 0 Å². The number of hydrogen-bond donors (Lipinski definition) is 1. The smallest absolute Gasteiger partial charge is 0.293 e. The molecule has 6 nitrogen and oxygen atoms in total. The van der Waals surface area contributed by atoms with Crippen LogP contribution in [0.2, 0.25) is 0 Å². The highest BCUT2D eigenvalue weighted by Crippen LogP contribution is 2.34. The number of imide groups is 1. The molecule has 0 saturated carbocycles. The number of halogens is 1. The number of benzene rings is 2. The molecule has 0 aliphatic carbocycles. The molecule has 0 spiro atoms. The van der Waals surface area contributed by atoms with Crippen molar-refractivity contribution in [3.63, 3.8) is 0 Å². The van der Waals surface area contributed by atoms with Gasteiger partial charge in [0.05, 0.1) is 12.3 Å². The van der Waals surface area contributed by atoms with Gasteiger partial charge in [-0.3, -0.25) is 14.4 Å². The lowest BCUT2D eigenvalue weighted by Gasteiger charge is -2.23. The number of aliphatic hydroxyl groups is 1. The molecule has 3 amide bonds. The number of rotatable bonds is 6. The molecule has 3 rings (SSSR count). The molecule has 1 N–H and O–H groups in total. The minimum Gasteiger partial charge on any atom is -0.395 e. The van der Waals surface area contributed by atoms with Gasteiger partial charge in [-0.2, -0.15) is 0 Å². The second-order valence-electron chi connectivity index (χ2n) is 5.83. The molecule has 1 aliphatic heterocycles. The summed E-state index contributed by atoms with van der Waals surface area (Å²) in [7, 11) is 0. The second-order valence-corrected chi connectivity index (χ2v) is 6.99. The molecule has 1 fully saturated rings. The van der Waals surface area contributed by atoms with Crippen LogP contribution in [0.3, 0.4) is 0 Å². The zero-order chi connectivity index (χ0) is 19.4. The molecule has 140 valence electrons. The van der Waals surface area contributed by atoms with Gasteiger partial charge in [-0.25, -0.2) is 9.29 Å². The normalized spacial score (nSPS) is 16.7. The molecular weight excluding hydrogens is 371 g/mol. The molecule has 1 saturated heterocycles. The summed E-state index contributed by atoms with van der Waals surface area (Å²) in [6.07, 6.45) is -0.179. The average molecular weight is 388 g/mol. The van der Waals surface area contributed by atoms with Crippen molar-refractivity contribution in [1.82, 2.24) is 0 Å². The second kappa shape index (κ2) is 8.32. The van der Waals surface area contributed by atoms with Crippen molar-refractivity contribution in [3.8, 4) is 0 Å². The highest BCUT2D eigenvalue weighted by Gasteiger charge is 2.42. The van der Waals surface area contributed by atoms with Gasteiger partial charge in [0.2, 0.25) is 11.8 Å². The van der Waals surface area contributed by atoms with Crippen molar-refractivity contribution >= 4 is 40.2 Å². The fourth-order valence-electron chi connectivity index (χ4n) is 2.79. The summed E-state index contributed by atoms with van der Waals surface area (Å²) in [5.74, 6) is -1.35. The van der Waals surface area contributed by atoms with Gasteiger partial charge in [0, 0.05) is 18.7 Å². The Balaban J connectivity index is 1.75. The van der Waals surface area contributed by atoms with Gasteiger partial charge < -0.3 is 10.0 Å². The Bertz CT molecular complexity index is 845. The zero-order valence-electron chi connectivity index (χ0n) is 14.2. The Labute approximate surface area is 159 Å². The highest BCUT2D eigenvalue weighted by atomic mass is 32.2. The maximum Gasteiger partial charge on any atom is 0.293 e. The van der Waals surface area contributed by atoms with Gasteiger partial charge in [-0.1, -0.05) is 18.2 Å². The lowest BCUT2D eigenvalue weighted by atomic mass is 10.2. The van der Waals surface area contributed by atoms with Crippen molar-refractivity contribution in [2.24, 2.45) is 0 Å². The van der Waals surface area contributed by atoms with Crippen molar-refractivity contribution in [2.75, 3.05) is 23.0 Å². The Morgan fingerprint density at radius 1 is 1.11 bits per heavy atom. The third-order valence-corrected chi connectivity index (χ3v) is 5.10. The summed E-state index contributed by atoms with van der Waals surface area (Å²) < 4.78 is 13.1. The molecule has 0 aromatic heterocycles. The molecule has 1 atom stereocenters. The summed E-state index contributed by atoms with van der Waals surface area (Å²) in [5, 5.41) is 7.89. The van der Waals surface area contributed by atoms with Gasteiger partial charge in [0.1, 0.15) is 11.1 Å². The fourth-order valence-corrected chi connectivity index (χ4v) is 3.76. The lowest BCUT2D eigenvalue weighted by molar-refractivity contribution is -0.122. The average Bonchev–Trinajstić information content (AvgIpc) is 2.94. The first-order valence-corrected chi connectivity index (χ1v) is 9.15. The molecule has 1 heterocycles. The number of thioether (sulfide) groups is 1. The van der Waals surface area contributed by atoms with Gasteiger partial charge in [0.15, 0.2) is 0 Å². The maximum atomic E-state index is 13.1. The van der Waals surface area contributed by atoms with Gasteiger partial charge in [-0.15, -0.1) is 0 Å². The topological polar surface area (TPSA) is 77.9 Å². The quantitative estimate of drug-likeness (QED) is 0.823. The SMILES string of the molecule is O=C(CC1SC(=O)N(c2ccc(F)cc2)C1=O)N(CCO)c1ccccc1. The molecule has 27 heavy (non-hydrogen) atoms. The summed E-state index contributed by atoms with van der Waals surface area (Å²) in [4.78, 5) is 39.9. The fraction of sp³-hybridized carbons (Fsp3) is 0.211. The Kier molecular flexibility index (Phi) is 5.88. The van der Waals surface area contributed by atoms with Crippen LogP contribution in [0.4, 0.5) is 20.6 Å². The van der Waals surface area contributed by atoms with E-state index in [1.54, 1.807) is 30.3 Å². The summed E-state index contributed by atoms with van der Waals surface area (Å²) in [6.45, 7) is -0.142. The summed E-state index contributed by atoms with van der Waals surface area (Å²) in [6, 6.07) is 13.8. The Morgan fingerprint density at radius 2 is 1.78 bits per heavy atom. The first-order chi connectivity index (χ1) is 13.0. The van der Waals surface area contributed by atoms with Crippen LogP contribution < -0.4 is 9.80 Å². The van der Waals surface area contributed by atoms with E-state index in [0.717, 1.165) is 28.8 Å². The molecule has 1 aliphatic rings. The van der Waals surface area contributed by atoms with Crippen molar-refractivity contribution in [3.05, 3.63) is 60.4 Å². The van der Waals surface area contributed by atoms with E-state index in [4.69, 9.17) is 0 Å². The molecule has 8 heteroatoms. The van der Waals surface area contributed by atoms with E-state index in [1.165, 1.54) is 17.0 Å². The molecule has 1 unspecified atom stereocenters. The molecule has 0 bridgehead atoms. The van der Waals surface area contributed by atoms with E-state index >= 15 is 0 Å². The minimum atomic E-state index is -0.861. The van der Waals surface area contributed by atoms with Crippen LogP contribution in [0.1, 0.15) is 6.42 Å². The number of para-hydroxylation sites is 1. The van der Waals surface area contributed by atoms with Crippen LogP contribution in [-0.2, 0) is 9.59 Å². The standard InChI is InChI=1S/C19H17FN2O4S/c20-13-6-8-15(9-7-13)22-18(25)16(27-19(22)26)12-17(24)21(10-11-23)14-4-2-1-3-5-14/h1-9,16,23H,10-12H2. The highest BCUT2D eigenvalue weighted by molar-refractivity contribution is 8.15. The molecular formula is C19H17FN2O4S. The number of carbonyl (C=O) groups is 3. The zero-order valence-corrected chi connectivity index (χ0v) is 15.1. The number of aliphatic hydroxyl groups excluding tert-OH is 1. The van der Waals surface area contributed by atoms with E-state index in [-0.39, 0.29) is 31.2 Å². The number of nitrogens with zero attached hydrogens (tertiary/aromatic N) is 2. The number of amides is 3. The van der Waals surface area contributed by atoms with E-state index in [0.29, 0.717) is 5.69 Å². The van der Waals surface area contributed by atoms with E-state index in [2.05, 4.69) is 0 Å². The first-order valence-electron chi connectivity index (χ1n) is 8.27. The third kappa shape index (κ3) is 4.17. The Morgan fingerprint density at radius 3 is 2.41 bits per heavy atom. The van der Waals surface area contributed by atoms with E-state index in [1.807, 2.05) is 0 Å². The van der Waals surface area contributed by atoms with Crippen LogP contribution in [0, 0.1) is 5.82 Å². The molecule has 2 aromatic rings. The lowest BCUT2D eigenvalue weighted by Crippen LogP contribution is -2.38. The van der Waals surface area contributed by atoms with Crippen LogP contribution in [0.5, 0.6) is 0 Å². The van der Waals surface area contributed by atoms with Crippen LogP contribution >= 0.6 is 11.8 Å². The van der Waals surface area contributed by atoms with Gasteiger partial charge >= 0.3 is 0 Å². The van der Waals surface area contributed by atoms with Crippen LogP contribution in [-0.4, -0.2) is 40.6 Å². The summed E-state index contributed by atoms with van der Waals surface area (Å²) >= 11 is 0.774. The predicted octanol–water partition coefficient (Wildman–Crippen LogP) is 2.81. The van der Waals surface area contributed by atoms with E-state index in [9.17, 15) is 23.9 Å². The number of carbonyl (C=O) groups excluding carboxylic acids is 3. The molecule has 2 aromatic carbocycles. The summed E-state index contributed by atoms with van der Waals surface area (Å²) in [5.41, 5.74) is 0.873. The molecule has 0 radical (unpaired) electrons. The van der Waals surface area contributed by atoms with E-state index < -0.39 is 22.2 Å². The minimum absolute atomic E-state index is 0.0873. The maximum absolute atomic E-state index is 13.1. The number of hydrogen-bond acceptors (Lipinski definition) is 5. The Hall–Kier alpha value is -2.71. The van der Waals surface area contributed by atoms with Gasteiger partial charge in [0.25, 0.3) is 5.24 Å². The van der Waals surface area contributed by atoms with Crippen LogP contribution in [0.25, 0.3) is 0 Å². The predicted molar refractivity (Wildman–Crippen MR) is 101 cm³/mol. The first kappa shape index (κ1) is 19.1. The van der Waals surface area contributed by atoms with Crippen molar-refractivity contribution in [2.45, 2.75) is 11.7 Å².